The highest BCUT2D eigenvalue weighted by atomic mass is 16.2. The van der Waals surface area contributed by atoms with Gasteiger partial charge in [0.1, 0.15) is 0 Å². The molecule has 0 aromatic rings. The first-order valence-corrected chi connectivity index (χ1v) is 7.45. The fraction of sp³-hybridized carbons (Fsp3) is 0.857. The highest BCUT2D eigenvalue weighted by Crippen LogP contribution is 2.13. The average molecular weight is 269 g/mol. The zero-order chi connectivity index (χ0) is 14.3. The first-order valence-electron chi connectivity index (χ1n) is 7.45. The van der Waals surface area contributed by atoms with E-state index in [2.05, 4.69) is 19.2 Å². The van der Waals surface area contributed by atoms with Crippen LogP contribution in [0.1, 0.15) is 40.0 Å². The van der Waals surface area contributed by atoms with Gasteiger partial charge in [-0.3, -0.25) is 4.79 Å². The molecule has 1 saturated heterocycles. The van der Waals surface area contributed by atoms with Crippen LogP contribution in [0.2, 0.25) is 0 Å². The zero-order valence-corrected chi connectivity index (χ0v) is 12.4. The SMILES string of the molecule is CCCNC(=O)N1CCN(C(=O)C(CC)CC)CC1. The van der Waals surface area contributed by atoms with E-state index in [9.17, 15) is 9.59 Å². The molecule has 1 heterocycles. The molecule has 1 N–H and O–H groups in total. The molecule has 0 atom stereocenters. The molecule has 1 aliphatic heterocycles. The maximum Gasteiger partial charge on any atom is 0.317 e. The molecule has 0 aliphatic carbocycles. The molecule has 19 heavy (non-hydrogen) atoms. The van der Waals surface area contributed by atoms with Gasteiger partial charge in [-0.1, -0.05) is 20.8 Å². The van der Waals surface area contributed by atoms with E-state index in [1.165, 1.54) is 0 Å². The first kappa shape index (κ1) is 15.8. The summed E-state index contributed by atoms with van der Waals surface area (Å²) in [5, 5.41) is 2.87. The van der Waals surface area contributed by atoms with Crippen LogP contribution in [0.25, 0.3) is 0 Å². The van der Waals surface area contributed by atoms with E-state index < -0.39 is 0 Å². The van der Waals surface area contributed by atoms with Gasteiger partial charge in [0.25, 0.3) is 0 Å². The van der Waals surface area contributed by atoms with Gasteiger partial charge in [-0.05, 0) is 19.3 Å². The molecule has 1 rings (SSSR count). The Balaban J connectivity index is 2.40. The second-order valence-electron chi connectivity index (χ2n) is 5.06. The lowest BCUT2D eigenvalue weighted by Gasteiger charge is -2.36. The normalized spacial score (nSPS) is 15.8. The molecule has 0 aromatic heterocycles. The lowest BCUT2D eigenvalue weighted by molar-refractivity contribution is -0.137. The third-order valence-electron chi connectivity index (χ3n) is 3.74. The minimum atomic E-state index is -0.00326. The minimum Gasteiger partial charge on any atom is -0.339 e. The van der Waals surface area contributed by atoms with Crippen molar-refractivity contribution in [1.29, 1.82) is 0 Å². The summed E-state index contributed by atoms with van der Waals surface area (Å²) in [5.74, 6) is 0.388. The smallest absolute Gasteiger partial charge is 0.317 e. The van der Waals surface area contributed by atoms with E-state index in [1.54, 1.807) is 4.90 Å². The molecule has 0 unspecified atom stereocenters. The monoisotopic (exact) mass is 269 g/mol. The van der Waals surface area contributed by atoms with Crippen molar-refractivity contribution in [3.8, 4) is 0 Å². The highest BCUT2D eigenvalue weighted by Gasteiger charge is 2.26. The maximum atomic E-state index is 12.2. The van der Waals surface area contributed by atoms with Gasteiger partial charge in [0.15, 0.2) is 0 Å². The number of amides is 3. The first-order chi connectivity index (χ1) is 9.13. The molecule has 0 aromatic carbocycles. The van der Waals surface area contributed by atoms with Crippen LogP contribution in [-0.4, -0.2) is 54.5 Å². The summed E-state index contributed by atoms with van der Waals surface area (Å²) in [6, 6.07) is -0.00326. The Morgan fingerprint density at radius 3 is 2.00 bits per heavy atom. The Kier molecular flexibility index (Phi) is 6.67. The number of rotatable bonds is 5. The Morgan fingerprint density at radius 1 is 1.00 bits per heavy atom. The number of piperazine rings is 1. The Labute approximate surface area is 116 Å². The number of nitrogens with zero attached hydrogens (tertiary/aromatic N) is 2. The van der Waals surface area contributed by atoms with Crippen molar-refractivity contribution in [2.75, 3.05) is 32.7 Å². The van der Waals surface area contributed by atoms with Crippen molar-refractivity contribution in [2.24, 2.45) is 5.92 Å². The van der Waals surface area contributed by atoms with Crippen LogP contribution in [0, 0.1) is 5.92 Å². The second kappa shape index (κ2) is 8.02. The average Bonchev–Trinajstić information content (AvgIpc) is 2.46. The number of hydrogen-bond acceptors (Lipinski definition) is 2. The molecule has 5 nitrogen and oxygen atoms in total. The lowest BCUT2D eigenvalue weighted by atomic mass is 10.0. The van der Waals surface area contributed by atoms with Gasteiger partial charge in [-0.2, -0.15) is 0 Å². The summed E-state index contributed by atoms with van der Waals surface area (Å²) in [7, 11) is 0. The number of hydrogen-bond donors (Lipinski definition) is 1. The van der Waals surface area contributed by atoms with E-state index in [4.69, 9.17) is 0 Å². The van der Waals surface area contributed by atoms with Crippen molar-refractivity contribution in [3.63, 3.8) is 0 Å². The lowest BCUT2D eigenvalue weighted by Crippen LogP contribution is -2.54. The summed E-state index contributed by atoms with van der Waals surface area (Å²) in [4.78, 5) is 27.7. The van der Waals surface area contributed by atoms with Gasteiger partial charge >= 0.3 is 6.03 Å². The fourth-order valence-electron chi connectivity index (χ4n) is 2.37. The number of carbonyl (C=O) groups is 2. The van der Waals surface area contributed by atoms with Crippen molar-refractivity contribution in [1.82, 2.24) is 15.1 Å². The Hall–Kier alpha value is -1.26. The molecule has 0 radical (unpaired) electrons. The maximum absolute atomic E-state index is 12.2. The number of urea groups is 1. The van der Waals surface area contributed by atoms with E-state index in [0.29, 0.717) is 32.7 Å². The predicted octanol–water partition coefficient (Wildman–Crippen LogP) is 1.69. The van der Waals surface area contributed by atoms with Gasteiger partial charge in [-0.25, -0.2) is 4.79 Å². The van der Waals surface area contributed by atoms with Gasteiger partial charge in [0, 0.05) is 38.6 Å². The van der Waals surface area contributed by atoms with Gasteiger partial charge in [-0.15, -0.1) is 0 Å². The van der Waals surface area contributed by atoms with Crippen LogP contribution in [0.3, 0.4) is 0 Å². The molecular formula is C14H27N3O2. The summed E-state index contributed by atoms with van der Waals surface area (Å²) < 4.78 is 0. The van der Waals surface area contributed by atoms with Crippen LogP contribution in [0.4, 0.5) is 4.79 Å². The second-order valence-corrected chi connectivity index (χ2v) is 5.06. The molecule has 0 saturated carbocycles. The van der Waals surface area contributed by atoms with Gasteiger partial charge in [0.05, 0.1) is 0 Å². The van der Waals surface area contributed by atoms with E-state index in [0.717, 1.165) is 19.3 Å². The van der Waals surface area contributed by atoms with Crippen LogP contribution in [0.5, 0.6) is 0 Å². The van der Waals surface area contributed by atoms with Crippen molar-refractivity contribution in [2.45, 2.75) is 40.0 Å². The minimum absolute atomic E-state index is 0.00326. The number of carbonyl (C=O) groups excluding carboxylic acids is 2. The molecule has 0 bridgehead atoms. The van der Waals surface area contributed by atoms with E-state index in [-0.39, 0.29) is 17.9 Å². The topological polar surface area (TPSA) is 52.7 Å². The fourth-order valence-corrected chi connectivity index (χ4v) is 2.37. The molecule has 110 valence electrons. The standard InChI is InChI=1S/C14H27N3O2/c1-4-7-15-14(19)17-10-8-16(9-11-17)13(18)12(5-2)6-3/h12H,4-11H2,1-3H3,(H,15,19). The van der Waals surface area contributed by atoms with Crippen molar-refractivity contribution < 1.29 is 9.59 Å². The summed E-state index contributed by atoms with van der Waals surface area (Å²) in [5.41, 5.74) is 0. The van der Waals surface area contributed by atoms with Crippen LogP contribution in [0.15, 0.2) is 0 Å². The zero-order valence-electron chi connectivity index (χ0n) is 12.4. The Morgan fingerprint density at radius 2 is 1.53 bits per heavy atom. The molecule has 1 fully saturated rings. The van der Waals surface area contributed by atoms with Crippen LogP contribution in [-0.2, 0) is 4.79 Å². The van der Waals surface area contributed by atoms with Crippen molar-refractivity contribution in [3.05, 3.63) is 0 Å². The summed E-state index contributed by atoms with van der Waals surface area (Å²) in [6.07, 6.45) is 2.73. The van der Waals surface area contributed by atoms with Crippen LogP contribution >= 0.6 is 0 Å². The van der Waals surface area contributed by atoms with E-state index in [1.807, 2.05) is 11.8 Å². The Bertz CT molecular complexity index is 295. The molecule has 3 amide bonds. The van der Waals surface area contributed by atoms with Crippen LogP contribution < -0.4 is 5.32 Å². The number of nitrogens with one attached hydrogen (secondary N) is 1. The molecule has 0 spiro atoms. The molecule has 5 heteroatoms. The molecule has 1 aliphatic rings. The third kappa shape index (κ3) is 4.40. The predicted molar refractivity (Wildman–Crippen MR) is 75.9 cm³/mol. The van der Waals surface area contributed by atoms with Gasteiger partial charge < -0.3 is 15.1 Å². The largest absolute Gasteiger partial charge is 0.339 e. The third-order valence-corrected chi connectivity index (χ3v) is 3.74. The summed E-state index contributed by atoms with van der Waals surface area (Å²) in [6.45, 7) is 9.46. The summed E-state index contributed by atoms with van der Waals surface area (Å²) >= 11 is 0. The van der Waals surface area contributed by atoms with Crippen molar-refractivity contribution >= 4 is 11.9 Å². The quantitative estimate of drug-likeness (QED) is 0.825. The highest BCUT2D eigenvalue weighted by molar-refractivity contribution is 5.79. The van der Waals surface area contributed by atoms with E-state index >= 15 is 0 Å². The molecular weight excluding hydrogens is 242 g/mol. The van der Waals surface area contributed by atoms with Gasteiger partial charge in [0.2, 0.25) is 5.91 Å².